The Morgan fingerprint density at radius 2 is 1.56 bits per heavy atom. The first kappa shape index (κ1) is 40.6. The van der Waals surface area contributed by atoms with Gasteiger partial charge in [-0.3, -0.25) is 28.8 Å². The number of para-hydroxylation sites is 1. The van der Waals surface area contributed by atoms with Crippen LogP contribution in [-0.4, -0.2) is 52.6 Å². The topological polar surface area (TPSA) is 141 Å². The molecule has 2 aromatic heterocycles. The molecule has 2 saturated heterocycles. The summed E-state index contributed by atoms with van der Waals surface area (Å²) in [6.45, 7) is 5.62. The van der Waals surface area contributed by atoms with Gasteiger partial charge in [-0.1, -0.05) is 41.4 Å². The van der Waals surface area contributed by atoms with E-state index in [1.807, 2.05) is 87.4 Å². The molecule has 2 aliphatic carbocycles. The average molecular weight is 878 g/mol. The fourth-order valence-electron chi connectivity index (χ4n) is 10.6. The lowest BCUT2D eigenvalue weighted by Gasteiger charge is -2.49. The number of rotatable bonds is 7. The summed E-state index contributed by atoms with van der Waals surface area (Å²) in [6.07, 6.45) is 2.44. The monoisotopic (exact) mass is 877 g/mol. The second-order valence-corrected chi connectivity index (χ2v) is 19.0. The molecule has 12 nitrogen and oxygen atoms in total. The summed E-state index contributed by atoms with van der Waals surface area (Å²) in [6, 6.07) is 27.5. The summed E-state index contributed by atoms with van der Waals surface area (Å²) in [7, 11) is 5.65. The molecule has 2 aliphatic heterocycles. The van der Waals surface area contributed by atoms with E-state index < -0.39 is 46.8 Å². The maximum Gasteiger partial charge on any atom is 0.242 e. The molecule has 63 heavy (non-hydrogen) atoms. The van der Waals surface area contributed by atoms with E-state index in [-0.39, 0.29) is 30.4 Å². The van der Waals surface area contributed by atoms with E-state index in [1.54, 1.807) is 72.5 Å². The van der Waals surface area contributed by atoms with Gasteiger partial charge in [-0.15, -0.1) is 11.3 Å². The number of aromatic nitrogens is 2. The van der Waals surface area contributed by atoms with Crippen LogP contribution in [0.3, 0.4) is 0 Å². The molecule has 4 amide bonds. The van der Waals surface area contributed by atoms with Crippen molar-refractivity contribution in [3.05, 3.63) is 124 Å². The number of amides is 4. The minimum absolute atomic E-state index is 0.0336. The lowest BCUT2D eigenvalue weighted by Crippen LogP contribution is -2.49. The molecule has 3 fully saturated rings. The zero-order valence-corrected chi connectivity index (χ0v) is 37.1. The first-order valence-corrected chi connectivity index (χ1v) is 22.1. The summed E-state index contributed by atoms with van der Waals surface area (Å²) in [5.41, 5.74) is 4.92. The van der Waals surface area contributed by atoms with Crippen LogP contribution in [0.5, 0.6) is 5.75 Å². The SMILES string of the molecule is Cc1cccc(C2C3=CCC4C(=O)N(c5ccc(N=Nc6ccc(N(C)C)cc6)cc5)C(=O)C4C3CC3C(=O)N(c4cc(-c5sc6ccc(Cl)cc6c5C)nn4C)C(=O)C32C)c1O. The molecule has 318 valence electrons. The molecule has 0 bridgehead atoms. The maximum absolute atomic E-state index is 15.2. The van der Waals surface area contributed by atoms with E-state index in [0.29, 0.717) is 44.7 Å². The smallest absolute Gasteiger partial charge is 0.242 e. The van der Waals surface area contributed by atoms with Gasteiger partial charge in [-0.05, 0) is 123 Å². The van der Waals surface area contributed by atoms with Gasteiger partial charge >= 0.3 is 0 Å². The number of carbonyl (C=O) groups excluding carboxylic acids is 4. The van der Waals surface area contributed by atoms with Crippen molar-refractivity contribution in [3.63, 3.8) is 0 Å². The number of hydrogen-bond acceptors (Lipinski definition) is 10. The first-order chi connectivity index (χ1) is 30.2. The molecule has 10 rings (SSSR count). The van der Waals surface area contributed by atoms with Crippen LogP contribution in [0.15, 0.2) is 113 Å². The van der Waals surface area contributed by atoms with Gasteiger partial charge in [0.15, 0.2) is 0 Å². The lowest BCUT2D eigenvalue weighted by molar-refractivity contribution is -0.131. The van der Waals surface area contributed by atoms with Gasteiger partial charge < -0.3 is 10.0 Å². The van der Waals surface area contributed by atoms with Gasteiger partial charge in [0.25, 0.3) is 0 Å². The molecule has 4 aliphatic rings. The Hall–Kier alpha value is -6.44. The number of phenols is 1. The minimum atomic E-state index is -1.34. The van der Waals surface area contributed by atoms with Crippen molar-refractivity contribution < 1.29 is 24.3 Å². The zero-order valence-electron chi connectivity index (χ0n) is 35.5. The van der Waals surface area contributed by atoms with Crippen LogP contribution in [0, 0.1) is 42.9 Å². The van der Waals surface area contributed by atoms with Gasteiger partial charge in [-0.25, -0.2) is 4.90 Å². The number of allylic oxidation sites excluding steroid dienone is 2. The molecule has 4 aromatic carbocycles. The van der Waals surface area contributed by atoms with E-state index in [0.717, 1.165) is 31.8 Å². The summed E-state index contributed by atoms with van der Waals surface area (Å²) in [5.74, 6) is -4.71. The highest BCUT2D eigenvalue weighted by molar-refractivity contribution is 7.22. The number of halogens is 1. The lowest BCUT2D eigenvalue weighted by atomic mass is 9.51. The Morgan fingerprint density at radius 1 is 0.857 bits per heavy atom. The largest absolute Gasteiger partial charge is 0.507 e. The highest BCUT2D eigenvalue weighted by atomic mass is 35.5. The number of nitrogens with zero attached hydrogens (tertiary/aromatic N) is 7. The van der Waals surface area contributed by atoms with Gasteiger partial charge in [-0.2, -0.15) is 15.3 Å². The molecule has 0 spiro atoms. The predicted molar refractivity (Wildman–Crippen MR) is 245 cm³/mol. The third-order valence-electron chi connectivity index (χ3n) is 13.8. The molecular formula is C49H44ClN7O5S. The van der Waals surface area contributed by atoms with Gasteiger partial charge in [0, 0.05) is 54.1 Å². The van der Waals surface area contributed by atoms with E-state index in [4.69, 9.17) is 16.7 Å². The van der Waals surface area contributed by atoms with Gasteiger partial charge in [0.05, 0.1) is 45.1 Å². The maximum atomic E-state index is 15.2. The molecular weight excluding hydrogens is 834 g/mol. The number of fused-ring (bicyclic) bond motifs is 5. The highest BCUT2D eigenvalue weighted by Crippen LogP contribution is 2.64. The number of thiophene rings is 1. The molecule has 6 unspecified atom stereocenters. The number of anilines is 3. The van der Waals surface area contributed by atoms with Crippen molar-refractivity contribution in [2.24, 2.45) is 46.4 Å². The number of phenolic OH excluding ortho intramolecular Hbond substituents is 1. The van der Waals surface area contributed by atoms with Crippen LogP contribution in [0.25, 0.3) is 20.7 Å². The number of benzene rings is 4. The number of hydrogen-bond donors (Lipinski definition) is 1. The highest BCUT2D eigenvalue weighted by Gasteiger charge is 2.68. The Kier molecular flexibility index (Phi) is 9.57. The van der Waals surface area contributed by atoms with E-state index >= 15 is 9.59 Å². The molecule has 4 heterocycles. The second-order valence-electron chi connectivity index (χ2n) is 17.5. The molecule has 6 atom stereocenters. The Labute approximate surface area is 373 Å². The number of imide groups is 2. The first-order valence-electron chi connectivity index (χ1n) is 20.9. The fraction of sp³-hybridized carbons (Fsp3) is 0.286. The average Bonchev–Trinajstić information content (AvgIpc) is 3.94. The van der Waals surface area contributed by atoms with E-state index in [9.17, 15) is 14.7 Å². The van der Waals surface area contributed by atoms with Crippen molar-refractivity contribution in [1.82, 2.24) is 9.78 Å². The van der Waals surface area contributed by atoms with Gasteiger partial charge in [0.2, 0.25) is 23.6 Å². The minimum Gasteiger partial charge on any atom is -0.507 e. The van der Waals surface area contributed by atoms with Crippen LogP contribution in [0.1, 0.15) is 42.4 Å². The summed E-state index contributed by atoms with van der Waals surface area (Å²) >= 11 is 7.91. The van der Waals surface area contributed by atoms with E-state index in [1.165, 1.54) is 9.80 Å². The third-order valence-corrected chi connectivity index (χ3v) is 15.4. The zero-order chi connectivity index (χ0) is 44.2. The molecule has 14 heteroatoms. The Balaban J connectivity index is 0.993. The predicted octanol–water partition coefficient (Wildman–Crippen LogP) is 10.2. The summed E-state index contributed by atoms with van der Waals surface area (Å²) in [4.78, 5) is 64.7. The number of carbonyl (C=O) groups is 4. The number of aryl methyl sites for hydroxylation is 3. The molecule has 1 N–H and O–H groups in total. The quantitative estimate of drug-likeness (QED) is 0.0956. The van der Waals surface area contributed by atoms with Crippen LogP contribution < -0.4 is 14.7 Å². The molecule has 1 saturated carbocycles. The number of aromatic hydroxyl groups is 1. The molecule has 6 aromatic rings. The standard InChI is InChI=1S/C49H44ClN7O5S/c1-25-8-7-9-34(43(25)58)42-32-19-20-33-41(47(61)56(45(33)59)31-17-13-29(14-18-31)52-51-28-11-15-30(16-12-28)54(4)5)36(32)23-37-46(60)57(48(62)49(37,42)3)40-24-38(53-55(40)6)44-26(2)35-22-27(50)10-21-39(35)63-44/h7-19,21-22,24,33,36-37,41-42,58H,20,23H2,1-6H3. The van der Waals surface area contributed by atoms with Crippen LogP contribution in [-0.2, 0) is 26.2 Å². The van der Waals surface area contributed by atoms with Crippen molar-refractivity contribution in [2.75, 3.05) is 28.8 Å². The summed E-state index contributed by atoms with van der Waals surface area (Å²) < 4.78 is 2.61. The third kappa shape index (κ3) is 6.18. The van der Waals surface area contributed by atoms with E-state index in [2.05, 4.69) is 10.2 Å². The Bertz CT molecular complexity index is 2990. The van der Waals surface area contributed by atoms with Crippen molar-refractivity contribution >= 4 is 85.2 Å². The summed E-state index contributed by atoms with van der Waals surface area (Å²) in [5, 5.41) is 26.9. The van der Waals surface area contributed by atoms with Crippen molar-refractivity contribution in [3.8, 4) is 16.3 Å². The van der Waals surface area contributed by atoms with Crippen LogP contribution >= 0.6 is 22.9 Å². The van der Waals surface area contributed by atoms with Crippen LogP contribution in [0.2, 0.25) is 5.02 Å². The fourth-order valence-corrected chi connectivity index (χ4v) is 11.9. The number of azo groups is 1. The molecule has 0 radical (unpaired) electrons. The Morgan fingerprint density at radius 3 is 2.25 bits per heavy atom. The van der Waals surface area contributed by atoms with Gasteiger partial charge in [0.1, 0.15) is 17.3 Å². The van der Waals surface area contributed by atoms with Crippen molar-refractivity contribution in [2.45, 2.75) is 39.5 Å². The second kappa shape index (κ2) is 14.8. The normalized spacial score (nSPS) is 24.4. The van der Waals surface area contributed by atoms with Crippen molar-refractivity contribution in [1.29, 1.82) is 0 Å². The van der Waals surface area contributed by atoms with Crippen LogP contribution in [0.4, 0.5) is 28.6 Å².